The van der Waals surface area contributed by atoms with Gasteiger partial charge in [0.15, 0.2) is 0 Å². The lowest BCUT2D eigenvalue weighted by Crippen LogP contribution is -2.49. The normalized spacial score (nSPS) is 15.8. The average molecular weight is 422 g/mol. The highest BCUT2D eigenvalue weighted by Crippen LogP contribution is 2.35. The Bertz CT molecular complexity index is 1110. The van der Waals surface area contributed by atoms with E-state index in [0.717, 1.165) is 18.8 Å². The lowest BCUT2D eigenvalue weighted by atomic mass is 9.95. The lowest BCUT2D eigenvalue weighted by molar-refractivity contribution is 0.204. The third-order valence-electron chi connectivity index (χ3n) is 6.11. The van der Waals surface area contributed by atoms with Gasteiger partial charge in [0.1, 0.15) is 11.6 Å². The second-order valence-electron chi connectivity index (χ2n) is 7.92. The minimum absolute atomic E-state index is 0.0778. The number of benzene rings is 2. The highest BCUT2D eigenvalue weighted by atomic mass is 19.1. The van der Waals surface area contributed by atoms with E-state index in [-0.39, 0.29) is 22.7 Å². The Labute approximate surface area is 182 Å². The molecule has 4 rings (SSSR count). The number of anilines is 1. The highest BCUT2D eigenvalue weighted by molar-refractivity contribution is 5.47. The summed E-state index contributed by atoms with van der Waals surface area (Å²) in [5.41, 5.74) is 2.23. The van der Waals surface area contributed by atoms with Crippen LogP contribution in [-0.4, -0.2) is 40.8 Å². The van der Waals surface area contributed by atoms with E-state index < -0.39 is 6.04 Å². The molecule has 1 saturated heterocycles. The van der Waals surface area contributed by atoms with E-state index >= 15 is 0 Å². The van der Waals surface area contributed by atoms with Crippen molar-refractivity contribution < 1.29 is 9.50 Å². The largest absolute Gasteiger partial charge is 0.507 e. The molecule has 1 unspecified atom stereocenters. The summed E-state index contributed by atoms with van der Waals surface area (Å²) >= 11 is 0. The highest BCUT2D eigenvalue weighted by Gasteiger charge is 2.32. The van der Waals surface area contributed by atoms with Crippen molar-refractivity contribution in [1.82, 2.24) is 9.47 Å². The van der Waals surface area contributed by atoms with E-state index in [4.69, 9.17) is 0 Å². The van der Waals surface area contributed by atoms with Crippen molar-refractivity contribution in [3.63, 3.8) is 0 Å². The van der Waals surface area contributed by atoms with Crippen LogP contribution < -0.4 is 10.5 Å². The van der Waals surface area contributed by atoms with Crippen molar-refractivity contribution >= 4 is 5.69 Å². The molecule has 1 aromatic heterocycles. The molecular weight excluding hydrogens is 393 g/mol. The number of rotatable bonds is 5. The number of aromatic nitrogens is 1. The monoisotopic (exact) mass is 421 g/mol. The van der Waals surface area contributed by atoms with E-state index in [0.29, 0.717) is 30.9 Å². The summed E-state index contributed by atoms with van der Waals surface area (Å²) in [6.07, 6.45) is 0. The van der Waals surface area contributed by atoms with Gasteiger partial charge in [0.05, 0.1) is 11.6 Å². The molecule has 0 saturated carbocycles. The smallest absolute Gasteiger partial charge is 0.259 e. The fourth-order valence-corrected chi connectivity index (χ4v) is 4.53. The Morgan fingerprint density at radius 1 is 1.00 bits per heavy atom. The summed E-state index contributed by atoms with van der Waals surface area (Å²) in [5, 5.41) is 10.8. The maximum Gasteiger partial charge on any atom is 0.259 e. The number of hydrogen-bond donors (Lipinski definition) is 1. The second kappa shape index (κ2) is 8.94. The van der Waals surface area contributed by atoms with Gasteiger partial charge in [-0.3, -0.25) is 9.69 Å². The first kappa shape index (κ1) is 21.1. The molecule has 1 atom stereocenters. The topological polar surface area (TPSA) is 48.7 Å². The van der Waals surface area contributed by atoms with Gasteiger partial charge in [-0.1, -0.05) is 36.4 Å². The zero-order valence-electron chi connectivity index (χ0n) is 18.0. The number of para-hydroxylation sites is 1. The maximum absolute atomic E-state index is 14.9. The molecule has 6 heteroatoms. The summed E-state index contributed by atoms with van der Waals surface area (Å²) in [6, 6.07) is 17.7. The number of halogens is 1. The van der Waals surface area contributed by atoms with E-state index in [1.165, 1.54) is 6.07 Å². The molecule has 162 valence electrons. The number of piperazine rings is 1. The SMILES string of the molecule is CCn1c(C)cc(O)c(C(c2ccccc2F)N2CCN(c3ccccc3)CC2)c1=O. The van der Waals surface area contributed by atoms with Crippen LogP contribution in [0.3, 0.4) is 0 Å². The first-order valence-electron chi connectivity index (χ1n) is 10.7. The average Bonchev–Trinajstić information content (AvgIpc) is 2.78. The number of aryl methyl sites for hydroxylation is 1. The molecule has 2 aromatic carbocycles. The van der Waals surface area contributed by atoms with E-state index in [1.54, 1.807) is 35.8 Å². The van der Waals surface area contributed by atoms with Crippen molar-refractivity contribution in [2.75, 3.05) is 31.1 Å². The van der Waals surface area contributed by atoms with Crippen molar-refractivity contribution in [2.24, 2.45) is 0 Å². The first-order valence-corrected chi connectivity index (χ1v) is 10.7. The van der Waals surface area contributed by atoms with Gasteiger partial charge in [-0.2, -0.15) is 0 Å². The number of aromatic hydroxyl groups is 1. The van der Waals surface area contributed by atoms with Crippen LogP contribution in [0.1, 0.15) is 29.8 Å². The first-order chi connectivity index (χ1) is 15.0. The summed E-state index contributed by atoms with van der Waals surface area (Å²) in [6.45, 7) is 6.98. The maximum atomic E-state index is 14.9. The zero-order valence-corrected chi connectivity index (χ0v) is 18.0. The van der Waals surface area contributed by atoms with Crippen LogP contribution in [0.4, 0.5) is 10.1 Å². The fourth-order valence-electron chi connectivity index (χ4n) is 4.53. The standard InChI is InChI=1S/C25H28FN3O2/c1-3-29-18(2)17-22(30)23(25(29)31)24(20-11-7-8-12-21(20)26)28-15-13-27(14-16-28)19-9-5-4-6-10-19/h4-12,17,24,30H,3,13-16H2,1-2H3. The number of pyridine rings is 1. The molecule has 0 bridgehead atoms. The molecule has 2 heterocycles. The van der Waals surface area contributed by atoms with E-state index in [2.05, 4.69) is 21.9 Å². The lowest BCUT2D eigenvalue weighted by Gasteiger charge is -2.40. The number of hydrogen-bond acceptors (Lipinski definition) is 4. The van der Waals surface area contributed by atoms with E-state index in [9.17, 15) is 14.3 Å². The van der Waals surface area contributed by atoms with Crippen molar-refractivity contribution in [3.05, 3.63) is 93.7 Å². The van der Waals surface area contributed by atoms with Crippen molar-refractivity contribution in [1.29, 1.82) is 0 Å². The Balaban J connectivity index is 1.75. The molecule has 1 aliphatic rings. The third-order valence-corrected chi connectivity index (χ3v) is 6.11. The van der Waals surface area contributed by atoms with Gasteiger partial charge >= 0.3 is 0 Å². The predicted molar refractivity (Wildman–Crippen MR) is 121 cm³/mol. The third kappa shape index (κ3) is 4.08. The van der Waals surface area contributed by atoms with Crippen LogP contribution >= 0.6 is 0 Å². The van der Waals surface area contributed by atoms with Crippen molar-refractivity contribution in [2.45, 2.75) is 26.4 Å². The van der Waals surface area contributed by atoms with Crippen LogP contribution in [0, 0.1) is 12.7 Å². The molecule has 0 aliphatic carbocycles. The zero-order chi connectivity index (χ0) is 22.0. The van der Waals surface area contributed by atoms with Crippen LogP contribution in [0.15, 0.2) is 65.5 Å². The van der Waals surface area contributed by atoms with Crippen LogP contribution in [0.5, 0.6) is 5.75 Å². The Hall–Kier alpha value is -3.12. The van der Waals surface area contributed by atoms with Crippen LogP contribution in [0.25, 0.3) is 0 Å². The van der Waals surface area contributed by atoms with Crippen LogP contribution in [0.2, 0.25) is 0 Å². The van der Waals surface area contributed by atoms with Gasteiger partial charge in [-0.05, 0) is 38.1 Å². The van der Waals surface area contributed by atoms with Crippen LogP contribution in [-0.2, 0) is 6.54 Å². The minimum Gasteiger partial charge on any atom is -0.507 e. The molecule has 0 amide bonds. The summed E-state index contributed by atoms with van der Waals surface area (Å²) in [4.78, 5) is 17.7. The minimum atomic E-state index is -0.648. The Morgan fingerprint density at radius 3 is 2.29 bits per heavy atom. The van der Waals surface area contributed by atoms with Gasteiger partial charge in [0, 0.05) is 49.7 Å². The molecule has 1 N–H and O–H groups in total. The van der Waals surface area contributed by atoms with Gasteiger partial charge in [-0.25, -0.2) is 4.39 Å². The molecule has 1 fully saturated rings. The van der Waals surface area contributed by atoms with Gasteiger partial charge in [0.2, 0.25) is 0 Å². The Morgan fingerprint density at radius 2 is 1.65 bits per heavy atom. The van der Waals surface area contributed by atoms with Crippen molar-refractivity contribution in [3.8, 4) is 5.75 Å². The molecule has 0 spiro atoms. The van der Waals surface area contributed by atoms with Gasteiger partial charge in [0.25, 0.3) is 5.56 Å². The quantitative estimate of drug-likeness (QED) is 0.678. The predicted octanol–water partition coefficient (Wildman–Crippen LogP) is 3.93. The second-order valence-corrected chi connectivity index (χ2v) is 7.92. The molecule has 5 nitrogen and oxygen atoms in total. The van der Waals surface area contributed by atoms with Gasteiger partial charge in [-0.15, -0.1) is 0 Å². The number of nitrogens with zero attached hydrogens (tertiary/aromatic N) is 3. The molecule has 31 heavy (non-hydrogen) atoms. The molecular formula is C25H28FN3O2. The van der Waals surface area contributed by atoms with Gasteiger partial charge < -0.3 is 14.6 Å². The fraction of sp³-hybridized carbons (Fsp3) is 0.320. The molecule has 3 aromatic rings. The summed E-state index contributed by atoms with van der Waals surface area (Å²) < 4.78 is 16.5. The summed E-state index contributed by atoms with van der Waals surface area (Å²) in [5.74, 6) is -0.452. The Kier molecular flexibility index (Phi) is 6.09. The van der Waals surface area contributed by atoms with E-state index in [1.807, 2.05) is 25.1 Å². The molecule has 1 aliphatic heterocycles. The summed E-state index contributed by atoms with van der Waals surface area (Å²) in [7, 11) is 0. The molecule has 0 radical (unpaired) electrons.